The van der Waals surface area contributed by atoms with Crippen LogP contribution in [0.5, 0.6) is 0 Å². The smallest absolute Gasteiger partial charge is 0.190 e. The molecule has 76 valence electrons. The van der Waals surface area contributed by atoms with Crippen LogP contribution in [0, 0.1) is 0 Å². The maximum atomic E-state index is 11.6. The third kappa shape index (κ3) is 1.25. The summed E-state index contributed by atoms with van der Waals surface area (Å²) in [5.74, 6) is 0.0856. The second-order valence-corrected chi connectivity index (χ2v) is 4.35. The number of carbonyl (C=O) groups excluding carboxylic acids is 1. The highest BCUT2D eigenvalue weighted by molar-refractivity contribution is 6.30. The number of carbonyl (C=O) groups is 1. The fourth-order valence-electron chi connectivity index (χ4n) is 2.08. The second kappa shape index (κ2) is 2.94. The van der Waals surface area contributed by atoms with Gasteiger partial charge in [-0.1, -0.05) is 29.8 Å². The number of benzene rings is 1. The minimum Gasteiger partial charge on any atom is -0.352 e. The molecule has 0 radical (unpaired) electrons. The van der Waals surface area contributed by atoms with Gasteiger partial charge in [-0.25, -0.2) is 0 Å². The van der Waals surface area contributed by atoms with Crippen molar-refractivity contribution >= 4 is 17.4 Å². The molecule has 2 nitrogen and oxygen atoms in total. The summed E-state index contributed by atoms with van der Waals surface area (Å²) in [6.07, 6.45) is 4.09. The van der Waals surface area contributed by atoms with Gasteiger partial charge in [-0.05, 0) is 23.8 Å². The summed E-state index contributed by atoms with van der Waals surface area (Å²) in [7, 11) is 0. The van der Waals surface area contributed by atoms with Gasteiger partial charge in [0.25, 0.3) is 0 Å². The van der Waals surface area contributed by atoms with E-state index in [1.807, 2.05) is 30.3 Å². The molecular weight excluding hydrogens is 212 g/mol. The Morgan fingerprint density at radius 3 is 2.67 bits per heavy atom. The summed E-state index contributed by atoms with van der Waals surface area (Å²) in [6, 6.07) is 7.46. The maximum Gasteiger partial charge on any atom is 0.190 e. The van der Waals surface area contributed by atoms with Gasteiger partial charge in [0.1, 0.15) is 6.10 Å². The van der Waals surface area contributed by atoms with Gasteiger partial charge in [0, 0.05) is 11.4 Å². The molecular formula is C12H9ClO2. The number of rotatable bonds is 1. The van der Waals surface area contributed by atoms with E-state index < -0.39 is 5.60 Å². The number of ether oxygens (including phenoxy) is 1. The van der Waals surface area contributed by atoms with E-state index >= 15 is 0 Å². The van der Waals surface area contributed by atoms with E-state index in [1.165, 1.54) is 0 Å². The van der Waals surface area contributed by atoms with Crippen molar-refractivity contribution in [3.63, 3.8) is 0 Å². The average molecular weight is 221 g/mol. The molecule has 3 rings (SSSR count). The predicted molar refractivity (Wildman–Crippen MR) is 56.8 cm³/mol. The molecule has 0 bridgehead atoms. The molecule has 15 heavy (non-hydrogen) atoms. The number of halogens is 1. The molecule has 1 fully saturated rings. The first-order chi connectivity index (χ1) is 7.22. The summed E-state index contributed by atoms with van der Waals surface area (Å²) in [5.41, 5.74) is 0.449. The van der Waals surface area contributed by atoms with Crippen molar-refractivity contribution in [1.29, 1.82) is 0 Å². The minimum absolute atomic E-state index is 0.0856. The molecule has 2 aliphatic rings. The molecule has 3 heteroatoms. The molecule has 1 saturated heterocycles. The third-order valence-corrected chi connectivity index (χ3v) is 3.23. The number of hydrogen-bond acceptors (Lipinski definition) is 2. The van der Waals surface area contributed by atoms with Gasteiger partial charge in [-0.3, -0.25) is 4.79 Å². The van der Waals surface area contributed by atoms with Crippen LogP contribution in [0.3, 0.4) is 0 Å². The standard InChI is InChI=1S/C12H9ClO2/c13-9-5-3-8(4-6-9)11-12(15-11)7-1-2-10(12)14/h1-6,11H,7H2. The minimum atomic E-state index is -0.576. The van der Waals surface area contributed by atoms with Gasteiger partial charge in [0.05, 0.1) is 0 Å². The molecule has 1 heterocycles. The molecule has 1 aliphatic heterocycles. The molecule has 1 spiro atoms. The van der Waals surface area contributed by atoms with Crippen molar-refractivity contribution in [2.24, 2.45) is 0 Å². The van der Waals surface area contributed by atoms with Crippen LogP contribution in [0.15, 0.2) is 36.4 Å². The van der Waals surface area contributed by atoms with Crippen molar-refractivity contribution in [3.8, 4) is 0 Å². The number of epoxide rings is 1. The monoisotopic (exact) mass is 220 g/mol. The summed E-state index contributed by atoms with van der Waals surface area (Å²) in [4.78, 5) is 11.6. The highest BCUT2D eigenvalue weighted by Crippen LogP contribution is 2.55. The van der Waals surface area contributed by atoms with Crippen LogP contribution in [0.4, 0.5) is 0 Å². The van der Waals surface area contributed by atoms with E-state index in [1.54, 1.807) is 6.08 Å². The second-order valence-electron chi connectivity index (χ2n) is 3.91. The highest BCUT2D eigenvalue weighted by atomic mass is 35.5. The van der Waals surface area contributed by atoms with Gasteiger partial charge < -0.3 is 4.74 Å². The van der Waals surface area contributed by atoms with E-state index in [0.717, 1.165) is 5.56 Å². The van der Waals surface area contributed by atoms with Gasteiger partial charge in [0.2, 0.25) is 0 Å². The van der Waals surface area contributed by atoms with Crippen molar-refractivity contribution < 1.29 is 9.53 Å². The number of hydrogen-bond donors (Lipinski definition) is 0. The zero-order valence-corrected chi connectivity index (χ0v) is 8.70. The van der Waals surface area contributed by atoms with E-state index in [2.05, 4.69) is 0 Å². The first-order valence-electron chi connectivity index (χ1n) is 4.87. The van der Waals surface area contributed by atoms with Gasteiger partial charge in [-0.15, -0.1) is 0 Å². The third-order valence-electron chi connectivity index (χ3n) is 2.97. The maximum absolute atomic E-state index is 11.6. The SMILES string of the molecule is O=C1C=CCC12OC2c1ccc(Cl)cc1. The normalized spacial score (nSPS) is 32.6. The van der Waals surface area contributed by atoms with Gasteiger partial charge >= 0.3 is 0 Å². The zero-order valence-electron chi connectivity index (χ0n) is 7.94. The molecule has 1 aromatic rings. The highest BCUT2D eigenvalue weighted by Gasteiger charge is 2.62. The van der Waals surface area contributed by atoms with E-state index in [9.17, 15) is 4.79 Å². The van der Waals surface area contributed by atoms with Crippen molar-refractivity contribution in [3.05, 3.63) is 47.0 Å². The summed E-state index contributed by atoms with van der Waals surface area (Å²) in [6.45, 7) is 0. The van der Waals surface area contributed by atoms with Crippen LogP contribution in [0.1, 0.15) is 18.1 Å². The molecule has 2 unspecified atom stereocenters. The van der Waals surface area contributed by atoms with E-state index in [-0.39, 0.29) is 11.9 Å². The molecule has 0 aromatic heterocycles. The van der Waals surface area contributed by atoms with Crippen LogP contribution >= 0.6 is 11.6 Å². The van der Waals surface area contributed by atoms with Gasteiger partial charge in [0.15, 0.2) is 11.4 Å². The van der Waals surface area contributed by atoms with Crippen molar-refractivity contribution in [2.75, 3.05) is 0 Å². The lowest BCUT2D eigenvalue weighted by atomic mass is 9.96. The molecule has 1 aromatic carbocycles. The fraction of sp³-hybridized carbons (Fsp3) is 0.250. The summed E-state index contributed by atoms with van der Waals surface area (Å²) >= 11 is 5.80. The Balaban J connectivity index is 1.88. The Labute approximate surface area is 92.5 Å². The Hall–Kier alpha value is -1.12. The molecule has 0 saturated carbocycles. The average Bonchev–Trinajstić information content (AvgIpc) is 2.84. The number of ketones is 1. The lowest BCUT2D eigenvalue weighted by Gasteiger charge is -2.01. The summed E-state index contributed by atoms with van der Waals surface area (Å²) < 4.78 is 5.55. The van der Waals surface area contributed by atoms with Crippen molar-refractivity contribution in [1.82, 2.24) is 0 Å². The molecule has 2 atom stereocenters. The van der Waals surface area contributed by atoms with Crippen LogP contribution in [-0.4, -0.2) is 11.4 Å². The first-order valence-corrected chi connectivity index (χ1v) is 5.24. The van der Waals surface area contributed by atoms with Crippen LogP contribution in [0.25, 0.3) is 0 Å². The van der Waals surface area contributed by atoms with Crippen LogP contribution < -0.4 is 0 Å². The Morgan fingerprint density at radius 2 is 2.07 bits per heavy atom. The zero-order chi connectivity index (χ0) is 10.5. The van der Waals surface area contributed by atoms with E-state index in [0.29, 0.717) is 11.4 Å². The van der Waals surface area contributed by atoms with Crippen molar-refractivity contribution in [2.45, 2.75) is 18.1 Å². The fourth-order valence-corrected chi connectivity index (χ4v) is 2.20. The van der Waals surface area contributed by atoms with E-state index in [4.69, 9.17) is 16.3 Å². The topological polar surface area (TPSA) is 29.6 Å². The van der Waals surface area contributed by atoms with Crippen LogP contribution in [-0.2, 0) is 9.53 Å². The first kappa shape index (κ1) is 9.13. The Morgan fingerprint density at radius 1 is 1.33 bits per heavy atom. The lowest BCUT2D eigenvalue weighted by molar-refractivity contribution is -0.118. The predicted octanol–water partition coefficient (Wildman–Crippen LogP) is 2.68. The Kier molecular flexibility index (Phi) is 1.79. The molecule has 1 aliphatic carbocycles. The molecule has 0 amide bonds. The molecule has 0 N–H and O–H groups in total. The summed E-state index contributed by atoms with van der Waals surface area (Å²) in [5, 5.41) is 0.698. The van der Waals surface area contributed by atoms with Gasteiger partial charge in [-0.2, -0.15) is 0 Å². The largest absolute Gasteiger partial charge is 0.352 e. The lowest BCUT2D eigenvalue weighted by Crippen LogP contribution is -2.18. The van der Waals surface area contributed by atoms with Crippen LogP contribution in [0.2, 0.25) is 5.02 Å². The quantitative estimate of drug-likeness (QED) is 0.681. The Bertz CT molecular complexity index is 449.